The molecule has 5 rings (SSSR count). The SMILES string of the molecule is C[C@@H]1C(=O)O[C@H]2C[C@@H]3CCCC[C@H]3[C@H](C=Cc3ccc(-c4cccc(F)c4)cn3)[C@H]21. The lowest BCUT2D eigenvalue weighted by Crippen LogP contribution is -2.43. The molecule has 1 aromatic heterocycles. The minimum absolute atomic E-state index is 0.0281. The van der Waals surface area contributed by atoms with Gasteiger partial charge in [-0.25, -0.2) is 4.39 Å². The molecule has 6 atom stereocenters. The molecule has 0 spiro atoms. The predicted octanol–water partition coefficient (Wildman–Crippen LogP) is 5.90. The molecular formula is C26H28FNO2. The Morgan fingerprint density at radius 1 is 1.13 bits per heavy atom. The Balaban J connectivity index is 1.39. The number of carbonyl (C=O) groups excluding carboxylic acids is 1. The number of fused-ring (bicyclic) bond motifs is 2. The van der Waals surface area contributed by atoms with E-state index in [4.69, 9.17) is 4.74 Å². The zero-order chi connectivity index (χ0) is 20.7. The van der Waals surface area contributed by atoms with E-state index >= 15 is 0 Å². The number of rotatable bonds is 3. The average Bonchev–Trinajstić information content (AvgIpc) is 3.05. The highest BCUT2D eigenvalue weighted by Crippen LogP contribution is 2.52. The molecule has 1 saturated heterocycles. The van der Waals surface area contributed by atoms with Crippen LogP contribution in [-0.4, -0.2) is 17.1 Å². The lowest BCUT2D eigenvalue weighted by molar-refractivity contribution is -0.145. The summed E-state index contributed by atoms with van der Waals surface area (Å²) in [7, 11) is 0. The Bertz CT molecular complexity index is 954. The Labute approximate surface area is 177 Å². The number of hydrogen-bond donors (Lipinski definition) is 0. The van der Waals surface area contributed by atoms with Crippen LogP contribution >= 0.6 is 0 Å². The summed E-state index contributed by atoms with van der Waals surface area (Å²) in [5.41, 5.74) is 2.62. The van der Waals surface area contributed by atoms with E-state index in [-0.39, 0.29) is 29.7 Å². The van der Waals surface area contributed by atoms with Crippen LogP contribution in [0.3, 0.4) is 0 Å². The van der Waals surface area contributed by atoms with Crippen molar-refractivity contribution in [3.8, 4) is 11.1 Å². The van der Waals surface area contributed by atoms with Crippen LogP contribution in [0.25, 0.3) is 17.2 Å². The summed E-state index contributed by atoms with van der Waals surface area (Å²) < 4.78 is 19.3. The fourth-order valence-electron chi connectivity index (χ4n) is 6.04. The first-order valence-corrected chi connectivity index (χ1v) is 11.2. The summed E-state index contributed by atoms with van der Waals surface area (Å²) in [6.07, 6.45) is 12.4. The highest BCUT2D eigenvalue weighted by molar-refractivity contribution is 5.75. The van der Waals surface area contributed by atoms with E-state index in [2.05, 4.69) is 17.1 Å². The van der Waals surface area contributed by atoms with Crippen LogP contribution in [0.2, 0.25) is 0 Å². The molecular weight excluding hydrogens is 377 g/mol. The average molecular weight is 406 g/mol. The van der Waals surface area contributed by atoms with E-state index in [1.165, 1.54) is 37.8 Å². The van der Waals surface area contributed by atoms with Crippen molar-refractivity contribution in [2.45, 2.75) is 45.1 Å². The maximum atomic E-state index is 13.5. The zero-order valence-electron chi connectivity index (χ0n) is 17.3. The van der Waals surface area contributed by atoms with Crippen LogP contribution in [0.1, 0.15) is 44.7 Å². The number of esters is 1. The Morgan fingerprint density at radius 2 is 2.00 bits per heavy atom. The van der Waals surface area contributed by atoms with Crippen molar-refractivity contribution in [3.63, 3.8) is 0 Å². The lowest BCUT2D eigenvalue weighted by Gasteiger charge is -2.46. The standard InChI is InChI=1S/C26H28FNO2/c1-16-25-23(22-8-3-2-5-18(22)14-24(25)30-26(16)29)12-11-21-10-9-19(15-28-21)17-6-4-7-20(27)13-17/h4,6-7,9-13,15-16,18,22-25H,2-3,5,8,14H2,1H3/t16-,18-,22+,23-,24-,25+/m0/s1. The Kier molecular flexibility index (Phi) is 5.18. The lowest BCUT2D eigenvalue weighted by atomic mass is 9.59. The van der Waals surface area contributed by atoms with Gasteiger partial charge in [0.2, 0.25) is 0 Å². The molecule has 0 N–H and O–H groups in total. The van der Waals surface area contributed by atoms with Gasteiger partial charge in [0.15, 0.2) is 0 Å². The first kappa shape index (κ1) is 19.5. The molecule has 0 unspecified atom stereocenters. The fraction of sp³-hybridized carbons (Fsp3) is 0.462. The number of pyridine rings is 1. The minimum Gasteiger partial charge on any atom is -0.462 e. The van der Waals surface area contributed by atoms with Crippen molar-refractivity contribution in [1.29, 1.82) is 0 Å². The fourth-order valence-corrected chi connectivity index (χ4v) is 6.04. The number of nitrogens with zero attached hydrogens (tertiary/aromatic N) is 1. The molecule has 2 aromatic rings. The first-order valence-electron chi connectivity index (χ1n) is 11.2. The van der Waals surface area contributed by atoms with Crippen LogP contribution in [0.15, 0.2) is 48.7 Å². The molecule has 0 amide bonds. The van der Waals surface area contributed by atoms with Gasteiger partial charge in [0.05, 0.1) is 11.6 Å². The van der Waals surface area contributed by atoms with Gasteiger partial charge in [-0.15, -0.1) is 0 Å². The second kappa shape index (κ2) is 7.98. The van der Waals surface area contributed by atoms with E-state index in [0.29, 0.717) is 17.8 Å². The van der Waals surface area contributed by atoms with E-state index in [1.54, 1.807) is 12.3 Å². The topological polar surface area (TPSA) is 39.2 Å². The third-order valence-corrected chi connectivity index (χ3v) is 7.52. The maximum absolute atomic E-state index is 13.5. The quantitative estimate of drug-likeness (QED) is 0.597. The Hall–Kier alpha value is -2.49. The summed E-state index contributed by atoms with van der Waals surface area (Å²) >= 11 is 0. The van der Waals surface area contributed by atoms with E-state index in [1.807, 2.05) is 25.1 Å². The normalized spacial score (nSPS) is 33.2. The first-order chi connectivity index (χ1) is 14.6. The molecule has 0 radical (unpaired) electrons. The number of benzene rings is 1. The summed E-state index contributed by atoms with van der Waals surface area (Å²) in [6, 6.07) is 10.5. The minimum atomic E-state index is -0.243. The van der Waals surface area contributed by atoms with Crippen molar-refractivity contribution in [2.75, 3.05) is 0 Å². The molecule has 4 heteroatoms. The van der Waals surface area contributed by atoms with Crippen molar-refractivity contribution in [1.82, 2.24) is 4.98 Å². The molecule has 2 saturated carbocycles. The largest absolute Gasteiger partial charge is 0.462 e. The zero-order valence-corrected chi connectivity index (χ0v) is 17.3. The van der Waals surface area contributed by atoms with Crippen LogP contribution in [0.5, 0.6) is 0 Å². The molecule has 1 aliphatic heterocycles. The molecule has 156 valence electrons. The summed E-state index contributed by atoms with van der Waals surface area (Å²) in [5, 5.41) is 0. The monoisotopic (exact) mass is 405 g/mol. The molecule has 30 heavy (non-hydrogen) atoms. The van der Waals surface area contributed by atoms with Gasteiger partial charge in [0.1, 0.15) is 11.9 Å². The van der Waals surface area contributed by atoms with Gasteiger partial charge in [0.25, 0.3) is 0 Å². The number of halogens is 1. The molecule has 3 aliphatic rings. The van der Waals surface area contributed by atoms with Crippen LogP contribution < -0.4 is 0 Å². The van der Waals surface area contributed by atoms with Crippen molar-refractivity contribution >= 4 is 12.0 Å². The second-order valence-electron chi connectivity index (χ2n) is 9.20. The Morgan fingerprint density at radius 3 is 2.80 bits per heavy atom. The third kappa shape index (κ3) is 3.57. The number of allylic oxidation sites excluding steroid dienone is 1. The number of hydrogen-bond acceptors (Lipinski definition) is 3. The molecule has 3 fully saturated rings. The van der Waals surface area contributed by atoms with Gasteiger partial charge in [-0.2, -0.15) is 0 Å². The number of carbonyl (C=O) groups is 1. The molecule has 2 aliphatic carbocycles. The number of aromatic nitrogens is 1. The van der Waals surface area contributed by atoms with Crippen LogP contribution in [-0.2, 0) is 9.53 Å². The van der Waals surface area contributed by atoms with Crippen LogP contribution in [0.4, 0.5) is 4.39 Å². The summed E-state index contributed by atoms with van der Waals surface area (Å²) in [5.74, 6) is 1.64. The highest BCUT2D eigenvalue weighted by atomic mass is 19.1. The predicted molar refractivity (Wildman–Crippen MR) is 115 cm³/mol. The van der Waals surface area contributed by atoms with E-state index < -0.39 is 0 Å². The van der Waals surface area contributed by atoms with E-state index in [0.717, 1.165) is 23.2 Å². The second-order valence-corrected chi connectivity index (χ2v) is 9.20. The summed E-state index contributed by atoms with van der Waals surface area (Å²) in [4.78, 5) is 16.9. The van der Waals surface area contributed by atoms with Gasteiger partial charge in [0, 0.05) is 17.7 Å². The van der Waals surface area contributed by atoms with Gasteiger partial charge >= 0.3 is 5.97 Å². The van der Waals surface area contributed by atoms with E-state index in [9.17, 15) is 9.18 Å². The highest BCUT2D eigenvalue weighted by Gasteiger charge is 2.53. The maximum Gasteiger partial charge on any atom is 0.309 e. The summed E-state index contributed by atoms with van der Waals surface area (Å²) in [6.45, 7) is 2.03. The third-order valence-electron chi connectivity index (χ3n) is 7.52. The number of ether oxygens (including phenoxy) is 1. The van der Waals surface area contributed by atoms with Crippen molar-refractivity contribution < 1.29 is 13.9 Å². The van der Waals surface area contributed by atoms with Gasteiger partial charge in [-0.05, 0) is 60.4 Å². The van der Waals surface area contributed by atoms with Gasteiger partial charge < -0.3 is 4.74 Å². The smallest absolute Gasteiger partial charge is 0.309 e. The molecule has 1 aromatic carbocycles. The molecule has 0 bridgehead atoms. The van der Waals surface area contributed by atoms with Gasteiger partial charge in [-0.1, -0.05) is 50.5 Å². The van der Waals surface area contributed by atoms with Crippen molar-refractivity contribution in [2.24, 2.45) is 29.6 Å². The van der Waals surface area contributed by atoms with Crippen LogP contribution in [0, 0.1) is 35.4 Å². The van der Waals surface area contributed by atoms with Crippen molar-refractivity contribution in [3.05, 3.63) is 60.2 Å². The molecule has 3 nitrogen and oxygen atoms in total. The molecule has 2 heterocycles. The van der Waals surface area contributed by atoms with Gasteiger partial charge in [-0.3, -0.25) is 9.78 Å².